The highest BCUT2D eigenvalue weighted by Gasteiger charge is 2.43. The van der Waals surface area contributed by atoms with Gasteiger partial charge < -0.3 is 49.7 Å². The predicted octanol–water partition coefficient (Wildman–Crippen LogP) is 7.22. The lowest BCUT2D eigenvalue weighted by Crippen LogP contribution is -2.46. The number of hydrogen-bond donors (Lipinski definition) is 6. The van der Waals surface area contributed by atoms with Crippen LogP contribution in [0.15, 0.2) is 83.7 Å². The SMILES string of the molecule is CC(C)(C)OC(=O)N(CCCCNC(=O)c1cccc(C(O)(C(=O)OCC2CCNCC2)c2ccccc2)c1)CC(O[Si](C)(C)C(C)(C)C)c1ccc(O)c2[nH]c(=O)ccc12.O=CO. The molecule has 1 aliphatic heterocycles. The highest BCUT2D eigenvalue weighted by atomic mass is 28.4. The van der Waals surface area contributed by atoms with Crippen LogP contribution in [-0.2, 0) is 29.1 Å². The number of nitrogens with one attached hydrogen (secondary N) is 3. The summed E-state index contributed by atoms with van der Waals surface area (Å²) in [4.78, 5) is 66.1. The number of phenols is 1. The van der Waals surface area contributed by atoms with E-state index in [1.54, 1.807) is 86.3 Å². The van der Waals surface area contributed by atoms with Crippen LogP contribution in [0, 0.1) is 5.92 Å². The van der Waals surface area contributed by atoms with Crippen LogP contribution in [0.25, 0.3) is 10.9 Å². The molecule has 64 heavy (non-hydrogen) atoms. The minimum atomic E-state index is -2.46. The monoisotopic (exact) mass is 902 g/mol. The molecule has 15 nitrogen and oxygen atoms in total. The number of fused-ring (bicyclic) bond motifs is 1. The molecule has 3 aromatic carbocycles. The Morgan fingerprint density at radius 1 is 0.922 bits per heavy atom. The number of aromatic amines is 1. The van der Waals surface area contributed by atoms with Gasteiger partial charge in [-0.3, -0.25) is 14.4 Å². The number of aliphatic hydroxyl groups is 1. The van der Waals surface area contributed by atoms with Crippen molar-refractivity contribution in [1.82, 2.24) is 20.5 Å². The molecule has 1 fully saturated rings. The first-order valence-corrected chi connectivity index (χ1v) is 24.6. The summed E-state index contributed by atoms with van der Waals surface area (Å²) in [6.45, 7) is 18.4. The van der Waals surface area contributed by atoms with E-state index in [9.17, 15) is 29.4 Å². The van der Waals surface area contributed by atoms with Crippen LogP contribution in [0.5, 0.6) is 5.75 Å². The molecule has 2 atom stereocenters. The molecule has 2 heterocycles. The smallest absolute Gasteiger partial charge is 0.410 e. The van der Waals surface area contributed by atoms with Crippen LogP contribution in [-0.4, -0.2) is 103 Å². The number of aromatic nitrogens is 1. The van der Waals surface area contributed by atoms with Gasteiger partial charge in [0.2, 0.25) is 11.2 Å². The zero-order chi connectivity index (χ0) is 47.3. The molecule has 2 amide bonds. The van der Waals surface area contributed by atoms with Gasteiger partial charge in [-0.05, 0) is 119 Å². The number of piperidine rings is 1. The molecule has 16 heteroatoms. The number of unbranched alkanes of at least 4 members (excludes halogenated alkanes) is 1. The topological polar surface area (TPSA) is 217 Å². The lowest BCUT2D eigenvalue weighted by molar-refractivity contribution is -0.164. The van der Waals surface area contributed by atoms with E-state index in [0.717, 1.165) is 25.9 Å². The molecule has 0 aliphatic carbocycles. The fraction of sp³-hybridized carbons (Fsp3) is 0.479. The third-order valence-electron chi connectivity index (χ3n) is 11.6. The number of nitrogens with zero attached hydrogens (tertiary/aromatic N) is 1. The summed E-state index contributed by atoms with van der Waals surface area (Å²) in [5, 5.41) is 36.3. The first-order chi connectivity index (χ1) is 30.1. The van der Waals surface area contributed by atoms with Crippen molar-refractivity contribution in [2.45, 2.75) is 103 Å². The number of carbonyl (C=O) groups excluding carboxylic acids is 3. The predicted molar refractivity (Wildman–Crippen MR) is 248 cm³/mol. The van der Waals surface area contributed by atoms with E-state index in [1.807, 2.05) is 0 Å². The van der Waals surface area contributed by atoms with E-state index in [4.69, 9.17) is 23.8 Å². The molecular weight excluding hydrogens is 837 g/mol. The number of phenolic OH excluding ortho intramolecular Hbond substituents is 1. The van der Waals surface area contributed by atoms with E-state index in [2.05, 4.69) is 49.5 Å². The number of hydrogen-bond acceptors (Lipinski definition) is 11. The largest absolute Gasteiger partial charge is 0.506 e. The van der Waals surface area contributed by atoms with Gasteiger partial charge in [0.15, 0.2) is 8.32 Å². The van der Waals surface area contributed by atoms with Gasteiger partial charge in [0.25, 0.3) is 12.4 Å². The van der Waals surface area contributed by atoms with Gasteiger partial charge in [0, 0.05) is 35.7 Å². The summed E-state index contributed by atoms with van der Waals surface area (Å²) in [7, 11) is -2.46. The molecule has 0 radical (unpaired) electrons. The number of pyridine rings is 1. The third-order valence-corrected chi connectivity index (χ3v) is 16.1. The maximum Gasteiger partial charge on any atom is 0.410 e. The lowest BCUT2D eigenvalue weighted by Gasteiger charge is -2.41. The first kappa shape index (κ1) is 51.1. The summed E-state index contributed by atoms with van der Waals surface area (Å²) in [6.07, 6.45) is 1.61. The Balaban J connectivity index is 0.00000291. The first-order valence-electron chi connectivity index (χ1n) is 21.7. The van der Waals surface area contributed by atoms with Crippen molar-refractivity contribution < 1.29 is 48.4 Å². The van der Waals surface area contributed by atoms with Crippen molar-refractivity contribution in [3.63, 3.8) is 0 Å². The molecule has 6 N–H and O–H groups in total. The van der Waals surface area contributed by atoms with Gasteiger partial charge in [0.1, 0.15) is 11.4 Å². The summed E-state index contributed by atoms with van der Waals surface area (Å²) in [5.41, 5.74) is -1.43. The Morgan fingerprint density at radius 2 is 1.58 bits per heavy atom. The van der Waals surface area contributed by atoms with Crippen molar-refractivity contribution in [2.24, 2.45) is 5.92 Å². The lowest BCUT2D eigenvalue weighted by atomic mass is 9.85. The molecule has 2 unspecified atom stereocenters. The highest BCUT2D eigenvalue weighted by Crippen LogP contribution is 2.42. The molecule has 1 aromatic heterocycles. The van der Waals surface area contributed by atoms with Crippen LogP contribution in [0.4, 0.5) is 4.79 Å². The van der Waals surface area contributed by atoms with Crippen molar-refractivity contribution in [2.75, 3.05) is 39.3 Å². The van der Waals surface area contributed by atoms with Crippen LogP contribution in [0.3, 0.4) is 0 Å². The van der Waals surface area contributed by atoms with E-state index in [0.29, 0.717) is 29.4 Å². The van der Waals surface area contributed by atoms with Crippen molar-refractivity contribution in [1.29, 1.82) is 0 Å². The molecule has 0 saturated carbocycles. The number of carboxylic acid groups (broad SMARTS) is 1. The highest BCUT2D eigenvalue weighted by molar-refractivity contribution is 6.74. The normalized spacial score (nSPS) is 14.9. The Hall–Kier alpha value is -5.55. The Kier molecular flexibility index (Phi) is 17.9. The zero-order valence-corrected chi connectivity index (χ0v) is 39.4. The number of ether oxygens (including phenoxy) is 2. The third kappa shape index (κ3) is 13.7. The molecular formula is C48H66N4O11Si. The number of benzene rings is 3. The van der Waals surface area contributed by atoms with Gasteiger partial charge in [-0.2, -0.15) is 0 Å². The quantitative estimate of drug-likeness (QED) is 0.0284. The Morgan fingerprint density at radius 3 is 2.22 bits per heavy atom. The number of H-pyrrole nitrogens is 1. The summed E-state index contributed by atoms with van der Waals surface area (Å²) >= 11 is 0. The average molecular weight is 903 g/mol. The van der Waals surface area contributed by atoms with Gasteiger partial charge in [-0.25, -0.2) is 9.59 Å². The van der Waals surface area contributed by atoms with Gasteiger partial charge in [0.05, 0.1) is 24.8 Å². The molecule has 0 bridgehead atoms. The summed E-state index contributed by atoms with van der Waals surface area (Å²) in [5.74, 6) is -1.06. The Labute approximate surface area is 376 Å². The van der Waals surface area contributed by atoms with Crippen molar-refractivity contribution in [3.8, 4) is 5.75 Å². The molecule has 1 saturated heterocycles. The zero-order valence-electron chi connectivity index (χ0n) is 38.4. The number of amides is 2. The van der Waals surface area contributed by atoms with Crippen LogP contribution in [0.1, 0.15) is 100 Å². The molecule has 0 spiro atoms. The number of rotatable bonds is 16. The van der Waals surface area contributed by atoms with Crippen LogP contribution in [0.2, 0.25) is 18.1 Å². The van der Waals surface area contributed by atoms with E-state index >= 15 is 0 Å². The molecule has 5 rings (SSSR count). The molecule has 4 aromatic rings. The van der Waals surface area contributed by atoms with Crippen molar-refractivity contribution in [3.05, 3.63) is 111 Å². The Bertz CT molecular complexity index is 2250. The standard InChI is InChI=1S/C47H64N4O9Si.CH2O2/c1-45(2,3)59-44(56)51(30-39(60-61(7,8)46(4,5)6)36-19-21-38(52)41-37(36)20-22-40(53)50-41)28-13-12-25-49-42(54)33-15-14-18-35(29-33)47(57,34-16-10-9-11-17-34)43(55)58-31-32-23-26-48-27-24-32;2-1-3/h9-11,14-22,29,32,39,48,52,57H,12-13,23-28,30-31H2,1-8H3,(H,49,54)(H,50,53);1H,(H,2,3). The second-order valence-electron chi connectivity index (χ2n) is 18.6. The van der Waals surface area contributed by atoms with Crippen LogP contribution >= 0.6 is 0 Å². The van der Waals surface area contributed by atoms with E-state index in [-0.39, 0.29) is 77.5 Å². The maximum absolute atomic E-state index is 13.8. The van der Waals surface area contributed by atoms with Gasteiger partial charge in [-0.15, -0.1) is 0 Å². The van der Waals surface area contributed by atoms with Crippen LogP contribution < -0.4 is 16.2 Å². The fourth-order valence-electron chi connectivity index (χ4n) is 7.10. The van der Waals surface area contributed by atoms with Gasteiger partial charge >= 0.3 is 12.1 Å². The fourth-order valence-corrected chi connectivity index (χ4v) is 8.37. The average Bonchev–Trinajstić information content (AvgIpc) is 3.24. The minimum Gasteiger partial charge on any atom is -0.506 e. The number of aromatic hydroxyl groups is 1. The molecule has 1 aliphatic rings. The minimum absolute atomic E-state index is 0.0716. The number of esters is 1. The summed E-state index contributed by atoms with van der Waals surface area (Å²) < 4.78 is 18.6. The molecule has 348 valence electrons. The second kappa shape index (κ2) is 22.4. The van der Waals surface area contributed by atoms with Crippen molar-refractivity contribution >= 4 is 43.7 Å². The van der Waals surface area contributed by atoms with E-state index in [1.165, 1.54) is 18.2 Å². The maximum atomic E-state index is 13.8. The van der Waals surface area contributed by atoms with E-state index < -0.39 is 37.7 Å². The van der Waals surface area contributed by atoms with Gasteiger partial charge in [-0.1, -0.05) is 69.3 Å². The second-order valence-corrected chi connectivity index (χ2v) is 23.4. The summed E-state index contributed by atoms with van der Waals surface area (Å²) in [6, 6.07) is 21.3. The number of carbonyl (C=O) groups is 4.